The van der Waals surface area contributed by atoms with Crippen LogP contribution >= 0.6 is 11.6 Å². The minimum Gasteiger partial charge on any atom is -0.508 e. The quantitative estimate of drug-likeness (QED) is 0.280. The molecule has 3 aromatic rings. The third-order valence-corrected chi connectivity index (χ3v) is 7.62. The highest BCUT2D eigenvalue weighted by atomic mass is 35.5. The summed E-state index contributed by atoms with van der Waals surface area (Å²) in [4.78, 5) is 24.8. The molecule has 212 valence electrons. The Balaban J connectivity index is 1.57. The van der Waals surface area contributed by atoms with E-state index in [0.29, 0.717) is 23.7 Å². The predicted molar refractivity (Wildman–Crippen MR) is 144 cm³/mol. The summed E-state index contributed by atoms with van der Waals surface area (Å²) in [6, 6.07) is 14.0. The van der Waals surface area contributed by atoms with Gasteiger partial charge in [0.05, 0.1) is 6.42 Å². The molecule has 1 unspecified atom stereocenters. The number of carbonyl (C=O) groups excluding carboxylic acids is 1. The van der Waals surface area contributed by atoms with Crippen LogP contribution in [0.25, 0.3) is 22.3 Å². The number of halogens is 1. The lowest BCUT2D eigenvalue weighted by Gasteiger charge is -2.38. The Kier molecular flexibility index (Phi) is 7.41. The van der Waals surface area contributed by atoms with E-state index < -0.39 is 42.6 Å². The molecular formula is C29H30ClNO9. The molecule has 0 spiro atoms. The summed E-state index contributed by atoms with van der Waals surface area (Å²) >= 11 is 6.16. The number of aliphatic carboxylic acids is 1. The Bertz CT molecular complexity index is 1430. The third kappa shape index (κ3) is 5.21. The van der Waals surface area contributed by atoms with Gasteiger partial charge < -0.3 is 39.6 Å². The first-order chi connectivity index (χ1) is 18.9. The first-order valence-electron chi connectivity index (χ1n) is 12.8. The largest absolute Gasteiger partial charge is 0.508 e. The highest BCUT2D eigenvalue weighted by molar-refractivity contribution is 6.30. The van der Waals surface area contributed by atoms with E-state index in [9.17, 15) is 35.1 Å². The number of aliphatic hydroxyl groups is 3. The number of carboxylic acids is 1. The van der Waals surface area contributed by atoms with Crippen molar-refractivity contribution in [2.45, 2.75) is 63.9 Å². The lowest BCUT2D eigenvalue weighted by Crippen LogP contribution is -2.60. The molecule has 10 nitrogen and oxygen atoms in total. The van der Waals surface area contributed by atoms with Crippen molar-refractivity contribution in [2.24, 2.45) is 5.41 Å². The number of aromatic nitrogens is 1. The zero-order chi connectivity index (χ0) is 28.9. The van der Waals surface area contributed by atoms with Crippen LogP contribution in [0, 0.1) is 5.41 Å². The van der Waals surface area contributed by atoms with Gasteiger partial charge in [-0.1, -0.05) is 49.7 Å². The van der Waals surface area contributed by atoms with Gasteiger partial charge in [0, 0.05) is 34.1 Å². The van der Waals surface area contributed by atoms with Crippen LogP contribution in [0.5, 0.6) is 5.75 Å². The van der Waals surface area contributed by atoms with Gasteiger partial charge in [0.2, 0.25) is 6.29 Å². The average Bonchev–Trinajstić information content (AvgIpc) is 3.35. The van der Waals surface area contributed by atoms with Gasteiger partial charge in [-0.25, -0.2) is 4.79 Å². The number of hydrogen-bond acceptors (Lipinski definition) is 8. The molecule has 1 aromatic heterocycles. The Morgan fingerprint density at radius 1 is 0.975 bits per heavy atom. The monoisotopic (exact) mass is 571 g/mol. The van der Waals surface area contributed by atoms with Gasteiger partial charge in [-0.15, -0.1) is 0 Å². The van der Waals surface area contributed by atoms with Crippen LogP contribution in [0.1, 0.15) is 25.2 Å². The van der Waals surface area contributed by atoms with E-state index >= 15 is 0 Å². The summed E-state index contributed by atoms with van der Waals surface area (Å²) < 4.78 is 12.6. The number of hydrogen-bond donors (Lipinski definition) is 5. The van der Waals surface area contributed by atoms with Crippen LogP contribution in [0.2, 0.25) is 5.02 Å². The normalized spacial score (nSPS) is 25.4. The Morgan fingerprint density at radius 3 is 2.20 bits per heavy atom. The van der Waals surface area contributed by atoms with E-state index in [-0.39, 0.29) is 17.6 Å². The number of aliphatic hydroxyl groups excluding tert-OH is 3. The average molecular weight is 572 g/mol. The summed E-state index contributed by atoms with van der Waals surface area (Å²) in [5.41, 5.74) is 4.83. The van der Waals surface area contributed by atoms with Gasteiger partial charge >= 0.3 is 11.9 Å². The summed E-state index contributed by atoms with van der Waals surface area (Å²) in [6.45, 7) is 4.85. The number of phenols is 1. The van der Waals surface area contributed by atoms with Crippen molar-refractivity contribution in [1.29, 1.82) is 0 Å². The number of nitrogens with zero attached hydrogens (tertiary/aromatic N) is 1. The van der Waals surface area contributed by atoms with E-state index in [1.54, 1.807) is 24.3 Å². The maximum atomic E-state index is 13.3. The maximum Gasteiger partial charge on any atom is 0.335 e. The van der Waals surface area contributed by atoms with Crippen molar-refractivity contribution < 1.29 is 44.6 Å². The maximum absolute atomic E-state index is 13.3. The second-order valence-electron chi connectivity index (χ2n) is 11.0. The van der Waals surface area contributed by atoms with Crippen molar-refractivity contribution in [3.05, 3.63) is 64.9 Å². The summed E-state index contributed by atoms with van der Waals surface area (Å²) in [7, 11) is 0. The molecule has 1 saturated heterocycles. The van der Waals surface area contributed by atoms with Crippen LogP contribution in [0.3, 0.4) is 0 Å². The lowest BCUT2D eigenvalue weighted by atomic mass is 9.86. The Labute approximate surface area is 235 Å². The van der Waals surface area contributed by atoms with Gasteiger partial charge in [0.15, 0.2) is 6.10 Å². The standard InChI is InChI=1S/C29H30ClNO9/c1-29(2)12-19-22(15-5-9-17(32)10-6-15)21(14-3-7-16(30)8-4-14)18(31(19)13-29)11-20(33)39-28-25(36)23(34)24(35)26(40-28)27(37)38/h3-10,23-26,28,32,34-36H,11-13H2,1-2H3,(H,37,38)/t23-,24-,25+,26-,28?/m0/s1. The summed E-state index contributed by atoms with van der Waals surface area (Å²) in [5.74, 6) is -2.28. The topological polar surface area (TPSA) is 159 Å². The highest BCUT2D eigenvalue weighted by Gasteiger charge is 2.48. The minimum absolute atomic E-state index is 0.115. The molecule has 1 fully saturated rings. The number of aromatic hydroxyl groups is 1. The molecule has 0 saturated carbocycles. The fourth-order valence-electron chi connectivity index (χ4n) is 5.54. The number of esters is 1. The first kappa shape index (κ1) is 28.1. The SMILES string of the molecule is CC1(C)Cc2c(-c3ccc(O)cc3)c(-c3ccc(Cl)cc3)c(CC(=O)OC3O[C@H](C(=O)O)[C@@H](O)[C@H](O)[C@H]3O)n2C1. The minimum atomic E-state index is -1.90. The van der Waals surface area contributed by atoms with Crippen molar-refractivity contribution in [2.75, 3.05) is 0 Å². The second kappa shape index (κ2) is 10.5. The number of phenolic OH excluding ortho intramolecular Hbond substituents is 1. The van der Waals surface area contributed by atoms with Crippen LogP contribution in [-0.2, 0) is 38.4 Å². The second-order valence-corrected chi connectivity index (χ2v) is 11.5. The molecule has 5 rings (SSSR count). The summed E-state index contributed by atoms with van der Waals surface area (Å²) in [6.07, 6.45) is -8.88. The molecular weight excluding hydrogens is 542 g/mol. The lowest BCUT2D eigenvalue weighted by molar-refractivity contribution is -0.286. The molecule has 0 radical (unpaired) electrons. The molecule has 2 aliphatic rings. The zero-order valence-corrected chi connectivity index (χ0v) is 22.6. The van der Waals surface area contributed by atoms with Crippen molar-refractivity contribution >= 4 is 23.5 Å². The Morgan fingerprint density at radius 2 is 1.57 bits per heavy atom. The molecule has 5 N–H and O–H groups in total. The van der Waals surface area contributed by atoms with Crippen LogP contribution in [0.15, 0.2) is 48.5 Å². The van der Waals surface area contributed by atoms with Crippen molar-refractivity contribution in [3.8, 4) is 28.0 Å². The number of carbonyl (C=O) groups is 2. The third-order valence-electron chi connectivity index (χ3n) is 7.37. The van der Waals surface area contributed by atoms with Gasteiger partial charge in [-0.05, 0) is 47.2 Å². The van der Waals surface area contributed by atoms with Gasteiger partial charge in [0.1, 0.15) is 24.1 Å². The fourth-order valence-corrected chi connectivity index (χ4v) is 5.67. The van der Waals surface area contributed by atoms with Crippen LogP contribution in [0.4, 0.5) is 0 Å². The fraction of sp³-hybridized carbons (Fsp3) is 0.379. The number of fused-ring (bicyclic) bond motifs is 1. The van der Waals surface area contributed by atoms with Gasteiger partial charge in [-0.2, -0.15) is 0 Å². The number of benzene rings is 2. The highest BCUT2D eigenvalue weighted by Crippen LogP contribution is 2.47. The van der Waals surface area contributed by atoms with E-state index in [1.807, 2.05) is 24.3 Å². The van der Waals surface area contributed by atoms with E-state index in [0.717, 1.165) is 27.9 Å². The number of rotatable bonds is 6. The molecule has 5 atom stereocenters. The first-order valence-corrected chi connectivity index (χ1v) is 13.2. The van der Waals surface area contributed by atoms with Gasteiger partial charge in [-0.3, -0.25) is 4.79 Å². The summed E-state index contributed by atoms with van der Waals surface area (Å²) in [5, 5.41) is 50.2. The zero-order valence-electron chi connectivity index (χ0n) is 21.8. The predicted octanol–water partition coefficient (Wildman–Crippen LogP) is 2.74. The Hall–Kier alpha value is -3.41. The van der Waals surface area contributed by atoms with Crippen LogP contribution < -0.4 is 0 Å². The molecule has 11 heteroatoms. The molecule has 2 aliphatic heterocycles. The van der Waals surface area contributed by atoms with Crippen molar-refractivity contribution in [1.82, 2.24) is 4.57 Å². The molecule has 0 amide bonds. The molecule has 2 aromatic carbocycles. The van der Waals surface area contributed by atoms with Crippen molar-refractivity contribution in [3.63, 3.8) is 0 Å². The molecule has 3 heterocycles. The van der Waals surface area contributed by atoms with Crippen LogP contribution in [-0.4, -0.2) is 72.7 Å². The molecule has 0 aliphatic carbocycles. The van der Waals surface area contributed by atoms with E-state index in [4.69, 9.17) is 21.1 Å². The van der Waals surface area contributed by atoms with Gasteiger partial charge in [0.25, 0.3) is 0 Å². The molecule has 0 bridgehead atoms. The molecule has 40 heavy (non-hydrogen) atoms. The number of carboxylic acid groups (broad SMARTS) is 1. The number of ether oxygens (including phenoxy) is 2. The van der Waals surface area contributed by atoms with E-state index in [1.165, 1.54) is 0 Å². The smallest absolute Gasteiger partial charge is 0.335 e. The van der Waals surface area contributed by atoms with E-state index in [2.05, 4.69) is 18.4 Å².